The summed E-state index contributed by atoms with van der Waals surface area (Å²) < 4.78 is 0. The molecule has 1 aliphatic heterocycles. The molecule has 28 heavy (non-hydrogen) atoms. The summed E-state index contributed by atoms with van der Waals surface area (Å²) in [6.07, 6.45) is 9.26. The quantitative estimate of drug-likeness (QED) is 0.761. The SMILES string of the molecule is CN(C(=O)CN1CCN(C/C=C/c2ccccc2)CC1)C1(C#N)CCCCC1. The standard InChI is InChI=1S/C23H32N4O/c1-25(23(20-24)12-6-3-7-13-23)22(28)19-27-17-15-26(16-18-27)14-8-11-21-9-4-2-5-10-21/h2,4-5,8-11H,3,6-7,12-19H2,1H3/b11-8+. The lowest BCUT2D eigenvalue weighted by Crippen LogP contribution is -2.54. The van der Waals surface area contributed by atoms with Gasteiger partial charge in [0, 0.05) is 39.8 Å². The summed E-state index contributed by atoms with van der Waals surface area (Å²) >= 11 is 0. The summed E-state index contributed by atoms with van der Waals surface area (Å²) in [5.74, 6) is 0.0841. The molecule has 0 unspecified atom stereocenters. The average molecular weight is 381 g/mol. The van der Waals surface area contributed by atoms with Gasteiger partial charge >= 0.3 is 0 Å². The van der Waals surface area contributed by atoms with Crippen LogP contribution in [-0.4, -0.2) is 72.5 Å². The maximum atomic E-state index is 12.8. The first-order chi connectivity index (χ1) is 13.6. The normalized spacial score (nSPS) is 20.7. The van der Waals surface area contributed by atoms with Crippen LogP contribution in [-0.2, 0) is 4.79 Å². The van der Waals surface area contributed by atoms with Gasteiger partial charge in [-0.1, -0.05) is 61.7 Å². The first-order valence-electron chi connectivity index (χ1n) is 10.5. The predicted octanol–water partition coefficient (Wildman–Crippen LogP) is 3.00. The van der Waals surface area contributed by atoms with Gasteiger partial charge in [0.05, 0.1) is 12.6 Å². The Morgan fingerprint density at radius 3 is 2.39 bits per heavy atom. The van der Waals surface area contributed by atoms with Gasteiger partial charge in [-0.15, -0.1) is 0 Å². The predicted molar refractivity (Wildman–Crippen MR) is 113 cm³/mol. The molecule has 2 fully saturated rings. The van der Waals surface area contributed by atoms with E-state index in [1.165, 1.54) is 12.0 Å². The summed E-state index contributed by atoms with van der Waals surface area (Å²) in [5.41, 5.74) is 0.642. The van der Waals surface area contributed by atoms with E-state index in [1.807, 2.05) is 13.1 Å². The fourth-order valence-corrected chi connectivity index (χ4v) is 4.23. The first kappa shape index (κ1) is 20.6. The van der Waals surface area contributed by atoms with Gasteiger partial charge in [-0.25, -0.2) is 0 Å². The lowest BCUT2D eigenvalue weighted by atomic mass is 9.81. The molecule has 1 saturated carbocycles. The highest BCUT2D eigenvalue weighted by Crippen LogP contribution is 2.32. The van der Waals surface area contributed by atoms with E-state index in [0.717, 1.165) is 58.4 Å². The highest BCUT2D eigenvalue weighted by atomic mass is 16.2. The Balaban J connectivity index is 1.43. The van der Waals surface area contributed by atoms with Crippen LogP contribution in [0.15, 0.2) is 36.4 Å². The highest BCUT2D eigenvalue weighted by molar-refractivity contribution is 5.79. The number of nitrogens with zero attached hydrogens (tertiary/aromatic N) is 4. The van der Waals surface area contributed by atoms with E-state index < -0.39 is 5.54 Å². The van der Waals surface area contributed by atoms with Gasteiger partial charge in [0.15, 0.2) is 0 Å². The maximum absolute atomic E-state index is 12.8. The Kier molecular flexibility index (Phi) is 7.24. The molecule has 5 heteroatoms. The van der Waals surface area contributed by atoms with Gasteiger partial charge in [-0.2, -0.15) is 5.26 Å². The second kappa shape index (κ2) is 9.86. The molecule has 0 spiro atoms. The van der Waals surface area contributed by atoms with E-state index in [-0.39, 0.29) is 5.91 Å². The molecule has 3 rings (SSSR count). The molecule has 1 saturated heterocycles. The number of rotatable bonds is 6. The fraction of sp³-hybridized carbons (Fsp3) is 0.565. The van der Waals surface area contributed by atoms with Crippen molar-refractivity contribution in [2.75, 3.05) is 46.3 Å². The summed E-state index contributed by atoms with van der Waals surface area (Å²) in [5, 5.41) is 9.70. The van der Waals surface area contributed by atoms with E-state index >= 15 is 0 Å². The third kappa shape index (κ3) is 5.21. The smallest absolute Gasteiger partial charge is 0.237 e. The van der Waals surface area contributed by atoms with Crippen LogP contribution >= 0.6 is 0 Å². The van der Waals surface area contributed by atoms with Crippen LogP contribution < -0.4 is 0 Å². The Bertz CT molecular complexity index is 695. The number of nitriles is 1. The molecule has 0 radical (unpaired) electrons. The molecule has 1 aromatic carbocycles. The minimum Gasteiger partial charge on any atom is -0.326 e. The van der Waals surface area contributed by atoms with Gasteiger partial charge in [0.25, 0.3) is 0 Å². The van der Waals surface area contributed by atoms with Crippen LogP contribution in [0.4, 0.5) is 0 Å². The summed E-state index contributed by atoms with van der Waals surface area (Å²) in [7, 11) is 1.82. The number of amides is 1. The topological polar surface area (TPSA) is 50.6 Å². The van der Waals surface area contributed by atoms with E-state index in [2.05, 4.69) is 52.3 Å². The van der Waals surface area contributed by atoms with Crippen molar-refractivity contribution in [1.82, 2.24) is 14.7 Å². The minimum atomic E-state index is -0.584. The highest BCUT2D eigenvalue weighted by Gasteiger charge is 2.39. The molecule has 0 N–H and O–H groups in total. The summed E-state index contributed by atoms with van der Waals surface area (Å²) in [6, 6.07) is 12.8. The van der Waals surface area contributed by atoms with Gasteiger partial charge in [0.2, 0.25) is 5.91 Å². The Morgan fingerprint density at radius 2 is 1.75 bits per heavy atom. The van der Waals surface area contributed by atoms with Crippen molar-refractivity contribution in [3.63, 3.8) is 0 Å². The largest absolute Gasteiger partial charge is 0.326 e. The Hall–Kier alpha value is -2.16. The molecule has 1 aliphatic carbocycles. The second-order valence-corrected chi connectivity index (χ2v) is 8.05. The second-order valence-electron chi connectivity index (χ2n) is 8.05. The lowest BCUT2D eigenvalue weighted by molar-refractivity contribution is -0.136. The van der Waals surface area contributed by atoms with Crippen LogP contribution in [0.2, 0.25) is 0 Å². The van der Waals surface area contributed by atoms with E-state index in [4.69, 9.17) is 0 Å². The number of piperazine rings is 1. The van der Waals surface area contributed by atoms with Crippen molar-refractivity contribution >= 4 is 12.0 Å². The molecule has 0 aromatic heterocycles. The zero-order valence-corrected chi connectivity index (χ0v) is 17.0. The number of hydrogen-bond acceptors (Lipinski definition) is 4. The van der Waals surface area contributed by atoms with E-state index in [9.17, 15) is 10.1 Å². The molecule has 0 atom stereocenters. The molecule has 150 valence electrons. The minimum absolute atomic E-state index is 0.0841. The van der Waals surface area contributed by atoms with Gasteiger partial charge < -0.3 is 4.90 Å². The number of benzene rings is 1. The van der Waals surface area contributed by atoms with Gasteiger partial charge in [0.1, 0.15) is 5.54 Å². The number of hydrogen-bond donors (Lipinski definition) is 0. The average Bonchev–Trinajstić information content (AvgIpc) is 2.75. The lowest BCUT2D eigenvalue weighted by Gasteiger charge is -2.40. The molecular formula is C23H32N4O. The molecule has 1 amide bonds. The molecular weight excluding hydrogens is 348 g/mol. The molecule has 0 bridgehead atoms. The van der Waals surface area contributed by atoms with Crippen molar-refractivity contribution in [1.29, 1.82) is 5.26 Å². The monoisotopic (exact) mass is 380 g/mol. The van der Waals surface area contributed by atoms with Crippen molar-refractivity contribution < 1.29 is 4.79 Å². The number of carbonyl (C=O) groups is 1. The van der Waals surface area contributed by atoms with Crippen LogP contribution in [0.25, 0.3) is 6.08 Å². The van der Waals surface area contributed by atoms with E-state index in [1.54, 1.807) is 4.90 Å². The van der Waals surface area contributed by atoms with Gasteiger partial charge in [-0.05, 0) is 18.4 Å². The molecule has 1 heterocycles. The van der Waals surface area contributed by atoms with E-state index in [0.29, 0.717) is 6.54 Å². The summed E-state index contributed by atoms with van der Waals surface area (Å²) in [4.78, 5) is 19.2. The third-order valence-corrected chi connectivity index (χ3v) is 6.20. The van der Waals surface area contributed by atoms with Crippen molar-refractivity contribution in [2.24, 2.45) is 0 Å². The van der Waals surface area contributed by atoms with Crippen LogP contribution in [0.3, 0.4) is 0 Å². The van der Waals surface area contributed by atoms with Gasteiger partial charge in [-0.3, -0.25) is 14.6 Å². The van der Waals surface area contributed by atoms with Crippen molar-refractivity contribution in [2.45, 2.75) is 37.6 Å². The number of carbonyl (C=O) groups excluding carboxylic acids is 1. The van der Waals surface area contributed by atoms with Crippen LogP contribution in [0, 0.1) is 11.3 Å². The fourth-order valence-electron chi connectivity index (χ4n) is 4.23. The molecule has 5 nitrogen and oxygen atoms in total. The summed E-state index contributed by atoms with van der Waals surface area (Å²) in [6.45, 7) is 5.11. The zero-order chi connectivity index (χ0) is 19.8. The van der Waals surface area contributed by atoms with Crippen LogP contribution in [0.5, 0.6) is 0 Å². The Morgan fingerprint density at radius 1 is 1.11 bits per heavy atom. The Labute approximate surface area is 169 Å². The van der Waals surface area contributed by atoms with Crippen LogP contribution in [0.1, 0.15) is 37.7 Å². The molecule has 2 aliphatic rings. The zero-order valence-electron chi connectivity index (χ0n) is 17.0. The third-order valence-electron chi connectivity index (χ3n) is 6.20. The van der Waals surface area contributed by atoms with Crippen molar-refractivity contribution in [3.05, 3.63) is 42.0 Å². The molecule has 1 aromatic rings. The van der Waals surface area contributed by atoms with Crippen molar-refractivity contribution in [3.8, 4) is 6.07 Å². The maximum Gasteiger partial charge on any atom is 0.237 e. The first-order valence-corrected chi connectivity index (χ1v) is 10.5. The number of likely N-dealkylation sites (N-methyl/N-ethyl adjacent to an activating group) is 1.